The quantitative estimate of drug-likeness (QED) is 0.506. The van der Waals surface area contributed by atoms with Crippen LogP contribution in [0.25, 0.3) is 0 Å². The van der Waals surface area contributed by atoms with Gasteiger partial charge >= 0.3 is 0 Å². The zero-order valence-electron chi connectivity index (χ0n) is 19.3. The fourth-order valence-corrected chi connectivity index (χ4v) is 4.30. The van der Waals surface area contributed by atoms with Crippen LogP contribution in [0.1, 0.15) is 52.4 Å². The first-order chi connectivity index (χ1) is 14.3. The SMILES string of the molecule is CCC(N=C(N=C1CCCC1)C1=CN(C)CN1C)N(C)CC(=O)NC1(C)CCOC1. The highest BCUT2D eigenvalue weighted by Crippen LogP contribution is 2.21. The van der Waals surface area contributed by atoms with Gasteiger partial charge in [-0.3, -0.25) is 9.69 Å². The van der Waals surface area contributed by atoms with Gasteiger partial charge < -0.3 is 19.9 Å². The van der Waals surface area contributed by atoms with Gasteiger partial charge in [-0.05, 0) is 52.5 Å². The fraction of sp³-hybridized carbons (Fsp3) is 0.773. The van der Waals surface area contributed by atoms with E-state index in [0.717, 1.165) is 43.9 Å². The maximum Gasteiger partial charge on any atom is 0.234 e. The second kappa shape index (κ2) is 9.92. The zero-order valence-corrected chi connectivity index (χ0v) is 19.3. The molecule has 3 rings (SSSR count). The van der Waals surface area contributed by atoms with Crippen molar-refractivity contribution in [3.05, 3.63) is 11.9 Å². The van der Waals surface area contributed by atoms with Gasteiger partial charge in [0.05, 0.1) is 31.1 Å². The lowest BCUT2D eigenvalue weighted by Crippen LogP contribution is -2.50. The molecule has 0 aromatic rings. The highest BCUT2D eigenvalue weighted by molar-refractivity contribution is 6.07. The van der Waals surface area contributed by atoms with Crippen LogP contribution in [0.5, 0.6) is 0 Å². The number of ether oxygens (including phenoxy) is 1. The van der Waals surface area contributed by atoms with Crippen LogP contribution in [0.2, 0.25) is 0 Å². The fourth-order valence-electron chi connectivity index (χ4n) is 4.30. The second-order valence-corrected chi connectivity index (χ2v) is 9.16. The first-order valence-corrected chi connectivity index (χ1v) is 11.2. The monoisotopic (exact) mass is 418 g/mol. The largest absolute Gasteiger partial charge is 0.379 e. The van der Waals surface area contributed by atoms with Crippen LogP contribution < -0.4 is 5.32 Å². The summed E-state index contributed by atoms with van der Waals surface area (Å²) >= 11 is 0. The van der Waals surface area contributed by atoms with Gasteiger partial charge in [-0.2, -0.15) is 0 Å². The Morgan fingerprint density at radius 1 is 1.37 bits per heavy atom. The smallest absolute Gasteiger partial charge is 0.234 e. The summed E-state index contributed by atoms with van der Waals surface area (Å²) in [5.74, 6) is 0.800. The van der Waals surface area contributed by atoms with E-state index in [1.807, 2.05) is 18.9 Å². The van der Waals surface area contributed by atoms with E-state index >= 15 is 0 Å². The van der Waals surface area contributed by atoms with Crippen LogP contribution in [0.3, 0.4) is 0 Å². The molecule has 0 spiro atoms. The molecule has 1 saturated carbocycles. The molecule has 1 saturated heterocycles. The molecule has 1 N–H and O–H groups in total. The molecule has 2 atom stereocenters. The van der Waals surface area contributed by atoms with Crippen molar-refractivity contribution in [1.29, 1.82) is 0 Å². The van der Waals surface area contributed by atoms with Crippen LogP contribution in [0, 0.1) is 0 Å². The van der Waals surface area contributed by atoms with Gasteiger partial charge in [0.2, 0.25) is 5.91 Å². The van der Waals surface area contributed by atoms with E-state index in [0.29, 0.717) is 19.8 Å². The highest BCUT2D eigenvalue weighted by atomic mass is 16.5. The van der Waals surface area contributed by atoms with Gasteiger partial charge in [0.15, 0.2) is 5.84 Å². The van der Waals surface area contributed by atoms with Crippen molar-refractivity contribution in [3.8, 4) is 0 Å². The van der Waals surface area contributed by atoms with Crippen molar-refractivity contribution >= 4 is 17.5 Å². The molecule has 3 aliphatic rings. The average molecular weight is 419 g/mol. The molecule has 8 heteroatoms. The third-order valence-corrected chi connectivity index (χ3v) is 6.06. The molecule has 8 nitrogen and oxygen atoms in total. The summed E-state index contributed by atoms with van der Waals surface area (Å²) in [7, 11) is 6.09. The molecule has 0 bridgehead atoms. The summed E-state index contributed by atoms with van der Waals surface area (Å²) in [5.41, 5.74) is 2.02. The van der Waals surface area contributed by atoms with E-state index in [4.69, 9.17) is 14.7 Å². The summed E-state index contributed by atoms with van der Waals surface area (Å²) in [5, 5.41) is 3.14. The molecule has 1 aliphatic carbocycles. The summed E-state index contributed by atoms with van der Waals surface area (Å²) in [6.45, 7) is 6.56. The van der Waals surface area contributed by atoms with Crippen molar-refractivity contribution in [3.63, 3.8) is 0 Å². The summed E-state index contributed by atoms with van der Waals surface area (Å²) in [6, 6.07) is 0. The van der Waals surface area contributed by atoms with Crippen LogP contribution in [-0.2, 0) is 9.53 Å². The van der Waals surface area contributed by atoms with E-state index in [9.17, 15) is 4.79 Å². The van der Waals surface area contributed by atoms with Crippen LogP contribution in [-0.4, -0.2) is 91.4 Å². The minimum Gasteiger partial charge on any atom is -0.379 e. The maximum atomic E-state index is 12.6. The predicted octanol–water partition coefficient (Wildman–Crippen LogP) is 2.04. The minimum atomic E-state index is -0.259. The minimum absolute atomic E-state index is 0.0136. The third kappa shape index (κ3) is 5.82. The molecule has 2 aliphatic heterocycles. The number of hydrogen-bond donors (Lipinski definition) is 1. The topological polar surface area (TPSA) is 72.8 Å². The van der Waals surface area contributed by atoms with E-state index in [1.165, 1.54) is 18.6 Å². The van der Waals surface area contributed by atoms with Crippen LogP contribution in [0.4, 0.5) is 0 Å². The number of likely N-dealkylation sites (N-methyl/N-ethyl adjacent to an activating group) is 2. The molecule has 2 heterocycles. The molecule has 1 amide bonds. The summed E-state index contributed by atoms with van der Waals surface area (Å²) in [4.78, 5) is 29.0. The lowest BCUT2D eigenvalue weighted by molar-refractivity contribution is -0.124. The number of hydrogen-bond acceptors (Lipinski definition) is 6. The van der Waals surface area contributed by atoms with Crippen molar-refractivity contribution in [2.45, 2.75) is 64.1 Å². The number of amides is 1. The van der Waals surface area contributed by atoms with Crippen molar-refractivity contribution in [1.82, 2.24) is 20.0 Å². The van der Waals surface area contributed by atoms with E-state index in [-0.39, 0.29) is 17.6 Å². The Labute approximate surface area is 181 Å². The molecular weight excluding hydrogens is 380 g/mol. The highest BCUT2D eigenvalue weighted by Gasteiger charge is 2.32. The van der Waals surface area contributed by atoms with Crippen LogP contribution >= 0.6 is 0 Å². The molecule has 2 unspecified atom stereocenters. The Bertz CT molecular complexity index is 702. The molecule has 30 heavy (non-hydrogen) atoms. The number of carbonyl (C=O) groups excluding carboxylic acids is 1. The Balaban J connectivity index is 1.74. The molecule has 0 aromatic heterocycles. The number of carbonyl (C=O) groups is 1. The molecular formula is C22H38N6O2. The maximum absolute atomic E-state index is 12.6. The number of nitrogens with zero attached hydrogens (tertiary/aromatic N) is 5. The molecule has 168 valence electrons. The van der Waals surface area contributed by atoms with E-state index in [2.05, 4.69) is 42.3 Å². The normalized spacial score (nSPS) is 25.9. The van der Waals surface area contributed by atoms with Gasteiger partial charge in [0, 0.05) is 32.6 Å². The Hall–Kier alpha value is -1.93. The Kier molecular flexibility index (Phi) is 7.52. The van der Waals surface area contributed by atoms with E-state index < -0.39 is 0 Å². The Morgan fingerprint density at radius 2 is 2.10 bits per heavy atom. The zero-order chi connectivity index (χ0) is 21.7. The number of amidine groups is 1. The Morgan fingerprint density at radius 3 is 2.67 bits per heavy atom. The van der Waals surface area contributed by atoms with Crippen LogP contribution in [0.15, 0.2) is 21.9 Å². The number of aliphatic imine (C=N–C) groups is 2. The second-order valence-electron chi connectivity index (χ2n) is 9.16. The standard InChI is InChI=1S/C22H38N6O2/c1-6-19(27(4)14-20(29)25-22(2)11-12-30-15-22)24-21(23-17-9-7-8-10-17)18-13-26(3)16-28(18)5/h13,19H,6-12,14-16H2,1-5H3,(H,25,29). The first kappa shape index (κ1) is 22.7. The van der Waals surface area contributed by atoms with Crippen molar-refractivity contribution in [2.24, 2.45) is 9.98 Å². The molecule has 0 radical (unpaired) electrons. The molecule has 2 fully saturated rings. The van der Waals surface area contributed by atoms with Gasteiger partial charge in [-0.15, -0.1) is 0 Å². The van der Waals surface area contributed by atoms with Gasteiger partial charge in [0.1, 0.15) is 6.17 Å². The lowest BCUT2D eigenvalue weighted by atomic mass is 10.0. The predicted molar refractivity (Wildman–Crippen MR) is 121 cm³/mol. The summed E-state index contributed by atoms with van der Waals surface area (Å²) < 4.78 is 5.45. The van der Waals surface area contributed by atoms with Gasteiger partial charge in [-0.25, -0.2) is 9.98 Å². The van der Waals surface area contributed by atoms with Gasteiger partial charge in [0.25, 0.3) is 0 Å². The summed E-state index contributed by atoms with van der Waals surface area (Å²) in [6.07, 6.45) is 8.20. The third-order valence-electron chi connectivity index (χ3n) is 6.06. The van der Waals surface area contributed by atoms with E-state index in [1.54, 1.807) is 0 Å². The first-order valence-electron chi connectivity index (χ1n) is 11.2. The van der Waals surface area contributed by atoms with Gasteiger partial charge in [-0.1, -0.05) is 6.92 Å². The average Bonchev–Trinajstić information content (AvgIpc) is 3.40. The number of nitrogens with one attached hydrogen (secondary N) is 1. The van der Waals surface area contributed by atoms with Crippen molar-refractivity contribution in [2.75, 3.05) is 47.6 Å². The lowest BCUT2D eigenvalue weighted by Gasteiger charge is -2.28. The van der Waals surface area contributed by atoms with Crippen molar-refractivity contribution < 1.29 is 9.53 Å². The molecule has 0 aromatic carbocycles. The number of rotatable bonds is 7.